The molecule has 1 aromatic heterocycles. The van der Waals surface area contributed by atoms with Crippen LogP contribution in [0.15, 0.2) is 52.1 Å². The van der Waals surface area contributed by atoms with Gasteiger partial charge in [0, 0.05) is 27.3 Å². The van der Waals surface area contributed by atoms with Crippen LogP contribution >= 0.6 is 50.9 Å². The average Bonchev–Trinajstić information content (AvgIpc) is 3.01. The summed E-state index contributed by atoms with van der Waals surface area (Å²) in [5.41, 5.74) is 0.545. The van der Waals surface area contributed by atoms with Gasteiger partial charge >= 0.3 is 0 Å². The van der Waals surface area contributed by atoms with Crippen molar-refractivity contribution in [3.8, 4) is 5.75 Å². The molecule has 0 radical (unpaired) electrons. The van der Waals surface area contributed by atoms with E-state index in [1.807, 2.05) is 42.8 Å². The first-order valence-electron chi connectivity index (χ1n) is 8.52. The molecule has 0 aliphatic rings. The quantitative estimate of drug-likeness (QED) is 0.405. The SMILES string of the molecule is CC(Oc1ccc(Br)cc1)c1nnc(SCC(=O)Nc2cc(Cl)cc(Cl)c2)n1C. The predicted molar refractivity (Wildman–Crippen MR) is 120 cm³/mol. The number of anilines is 1. The summed E-state index contributed by atoms with van der Waals surface area (Å²) < 4.78 is 8.72. The number of carbonyl (C=O) groups is 1. The number of carbonyl (C=O) groups excluding carboxylic acids is 1. The number of nitrogens with zero attached hydrogens (tertiary/aromatic N) is 3. The van der Waals surface area contributed by atoms with Gasteiger partial charge in [-0.15, -0.1) is 10.2 Å². The second-order valence-electron chi connectivity index (χ2n) is 6.11. The number of benzene rings is 2. The van der Waals surface area contributed by atoms with Gasteiger partial charge in [-0.25, -0.2) is 0 Å². The highest BCUT2D eigenvalue weighted by Crippen LogP contribution is 2.26. The van der Waals surface area contributed by atoms with Gasteiger partial charge in [-0.1, -0.05) is 50.9 Å². The van der Waals surface area contributed by atoms with Crippen molar-refractivity contribution in [2.24, 2.45) is 7.05 Å². The van der Waals surface area contributed by atoms with E-state index in [0.29, 0.717) is 26.7 Å². The maximum atomic E-state index is 12.2. The lowest BCUT2D eigenvalue weighted by Gasteiger charge is -2.14. The first kappa shape index (κ1) is 22.0. The summed E-state index contributed by atoms with van der Waals surface area (Å²) in [7, 11) is 1.84. The molecule has 1 heterocycles. The van der Waals surface area contributed by atoms with Crippen LogP contribution in [0, 0.1) is 0 Å². The molecule has 0 spiro atoms. The van der Waals surface area contributed by atoms with E-state index < -0.39 is 0 Å². The molecule has 29 heavy (non-hydrogen) atoms. The van der Waals surface area contributed by atoms with Crippen LogP contribution in [0.1, 0.15) is 18.9 Å². The van der Waals surface area contributed by atoms with Crippen LogP contribution in [0.25, 0.3) is 0 Å². The topological polar surface area (TPSA) is 69.0 Å². The van der Waals surface area contributed by atoms with E-state index in [4.69, 9.17) is 27.9 Å². The maximum Gasteiger partial charge on any atom is 0.234 e. The van der Waals surface area contributed by atoms with E-state index in [9.17, 15) is 4.79 Å². The highest BCUT2D eigenvalue weighted by atomic mass is 79.9. The summed E-state index contributed by atoms with van der Waals surface area (Å²) in [6.45, 7) is 1.90. The third kappa shape index (κ3) is 6.12. The van der Waals surface area contributed by atoms with Crippen molar-refractivity contribution in [2.45, 2.75) is 18.2 Å². The van der Waals surface area contributed by atoms with Crippen molar-refractivity contribution in [1.82, 2.24) is 14.8 Å². The van der Waals surface area contributed by atoms with Gasteiger partial charge in [-0.3, -0.25) is 4.79 Å². The van der Waals surface area contributed by atoms with Gasteiger partial charge in [-0.2, -0.15) is 0 Å². The van der Waals surface area contributed by atoms with E-state index in [0.717, 1.165) is 10.2 Å². The Balaban J connectivity index is 1.58. The van der Waals surface area contributed by atoms with E-state index in [-0.39, 0.29) is 17.8 Å². The van der Waals surface area contributed by atoms with Crippen molar-refractivity contribution < 1.29 is 9.53 Å². The van der Waals surface area contributed by atoms with Crippen LogP contribution in [0.3, 0.4) is 0 Å². The molecule has 0 saturated carbocycles. The molecule has 0 saturated heterocycles. The third-order valence-corrected chi connectivity index (χ3v) is 5.82. The van der Waals surface area contributed by atoms with Gasteiger partial charge in [0.2, 0.25) is 5.91 Å². The third-order valence-electron chi connectivity index (χ3n) is 3.84. The van der Waals surface area contributed by atoms with Gasteiger partial charge in [0.05, 0.1) is 5.75 Å². The molecule has 1 N–H and O–H groups in total. The maximum absolute atomic E-state index is 12.2. The molecular weight excluding hydrogens is 499 g/mol. The molecule has 6 nitrogen and oxygen atoms in total. The Hall–Kier alpha value is -1.74. The van der Waals surface area contributed by atoms with Crippen molar-refractivity contribution in [3.63, 3.8) is 0 Å². The zero-order chi connectivity index (χ0) is 21.0. The number of rotatable bonds is 7. The van der Waals surface area contributed by atoms with E-state index >= 15 is 0 Å². The average molecular weight is 516 g/mol. The molecule has 1 atom stereocenters. The molecule has 0 aliphatic heterocycles. The second-order valence-corrected chi connectivity index (χ2v) is 8.84. The Labute approximate surface area is 191 Å². The van der Waals surface area contributed by atoms with E-state index in [2.05, 4.69) is 31.4 Å². The molecule has 0 fully saturated rings. The first-order chi connectivity index (χ1) is 13.8. The van der Waals surface area contributed by atoms with Gasteiger partial charge in [0.25, 0.3) is 0 Å². The predicted octanol–water partition coefficient (Wildman–Crippen LogP) is 5.76. The van der Waals surface area contributed by atoms with Gasteiger partial charge in [0.15, 0.2) is 17.1 Å². The summed E-state index contributed by atoms with van der Waals surface area (Å²) in [5, 5.41) is 12.7. The minimum atomic E-state index is -0.301. The van der Waals surface area contributed by atoms with Gasteiger partial charge < -0.3 is 14.6 Å². The summed E-state index contributed by atoms with van der Waals surface area (Å²) in [5.74, 6) is 1.37. The van der Waals surface area contributed by atoms with E-state index in [1.165, 1.54) is 11.8 Å². The highest BCUT2D eigenvalue weighted by Gasteiger charge is 2.18. The van der Waals surface area contributed by atoms with Crippen LogP contribution in [0.2, 0.25) is 10.0 Å². The molecule has 152 valence electrons. The number of hydrogen-bond acceptors (Lipinski definition) is 5. The van der Waals surface area contributed by atoms with Gasteiger partial charge in [-0.05, 0) is 49.4 Å². The minimum absolute atomic E-state index is 0.165. The summed E-state index contributed by atoms with van der Waals surface area (Å²) in [6.07, 6.45) is -0.301. The minimum Gasteiger partial charge on any atom is -0.483 e. The molecule has 0 aliphatic carbocycles. The van der Waals surface area contributed by atoms with Crippen LogP contribution in [-0.4, -0.2) is 26.4 Å². The molecular formula is C19H17BrCl2N4O2S. The molecule has 1 amide bonds. The molecule has 3 aromatic rings. The summed E-state index contributed by atoms with van der Waals surface area (Å²) >= 11 is 16.6. The Morgan fingerprint density at radius 2 is 1.86 bits per heavy atom. The summed E-state index contributed by atoms with van der Waals surface area (Å²) in [6, 6.07) is 12.4. The highest BCUT2D eigenvalue weighted by molar-refractivity contribution is 9.10. The molecule has 3 rings (SSSR count). The van der Waals surface area contributed by atoms with Crippen LogP contribution in [-0.2, 0) is 11.8 Å². The number of amides is 1. The fraction of sp³-hybridized carbons (Fsp3) is 0.211. The second kappa shape index (κ2) is 9.84. The lowest BCUT2D eigenvalue weighted by molar-refractivity contribution is -0.113. The van der Waals surface area contributed by atoms with Crippen molar-refractivity contribution >= 4 is 62.5 Å². The standard InChI is InChI=1S/C19H17BrCl2N4O2S/c1-11(28-16-5-3-12(20)4-6-16)18-24-25-19(26(18)2)29-10-17(27)23-15-8-13(21)7-14(22)9-15/h3-9,11H,10H2,1-2H3,(H,23,27). The Kier molecular flexibility index (Phi) is 7.45. The van der Waals surface area contributed by atoms with Crippen molar-refractivity contribution in [1.29, 1.82) is 0 Å². The Morgan fingerprint density at radius 1 is 1.21 bits per heavy atom. The van der Waals surface area contributed by atoms with Crippen LogP contribution < -0.4 is 10.1 Å². The lowest BCUT2D eigenvalue weighted by Crippen LogP contribution is -2.15. The number of hydrogen-bond donors (Lipinski definition) is 1. The van der Waals surface area contributed by atoms with Crippen molar-refractivity contribution in [3.05, 3.63) is 62.8 Å². The number of halogens is 3. The fourth-order valence-electron chi connectivity index (χ4n) is 2.53. The zero-order valence-corrected chi connectivity index (χ0v) is 19.4. The van der Waals surface area contributed by atoms with Gasteiger partial charge in [0.1, 0.15) is 5.75 Å². The van der Waals surface area contributed by atoms with Crippen molar-refractivity contribution in [2.75, 3.05) is 11.1 Å². The largest absolute Gasteiger partial charge is 0.483 e. The molecule has 2 aromatic carbocycles. The van der Waals surface area contributed by atoms with Crippen LogP contribution in [0.5, 0.6) is 5.75 Å². The number of ether oxygens (including phenoxy) is 1. The zero-order valence-electron chi connectivity index (χ0n) is 15.5. The summed E-state index contributed by atoms with van der Waals surface area (Å²) in [4.78, 5) is 12.2. The Morgan fingerprint density at radius 3 is 2.52 bits per heavy atom. The Bertz CT molecular complexity index is 994. The molecule has 0 bridgehead atoms. The van der Waals surface area contributed by atoms with Crippen LogP contribution in [0.4, 0.5) is 5.69 Å². The monoisotopic (exact) mass is 514 g/mol. The molecule has 10 heteroatoms. The number of aromatic nitrogens is 3. The fourth-order valence-corrected chi connectivity index (χ4v) is 4.04. The number of nitrogens with one attached hydrogen (secondary N) is 1. The number of thioether (sulfide) groups is 1. The smallest absolute Gasteiger partial charge is 0.234 e. The normalized spacial score (nSPS) is 11.9. The lowest BCUT2D eigenvalue weighted by atomic mass is 10.3. The first-order valence-corrected chi connectivity index (χ1v) is 11.1. The molecule has 1 unspecified atom stereocenters. The van der Waals surface area contributed by atoms with E-state index in [1.54, 1.807) is 18.2 Å².